The smallest absolute Gasteiger partial charge is 0.319 e. The molecule has 3 amide bonds. The van der Waals surface area contributed by atoms with Gasteiger partial charge in [-0.3, -0.25) is 4.79 Å². The Hall–Kier alpha value is -3.02. The van der Waals surface area contributed by atoms with E-state index in [4.69, 9.17) is 4.74 Å². The maximum absolute atomic E-state index is 12.5. The number of methoxy groups -OCH3 is 1. The normalized spacial score (nSPS) is 16.3. The number of rotatable bonds is 6. The predicted molar refractivity (Wildman–Crippen MR) is 106 cm³/mol. The zero-order valence-corrected chi connectivity index (χ0v) is 15.7. The van der Waals surface area contributed by atoms with Crippen LogP contribution < -0.4 is 15.4 Å². The standard InChI is InChI=1S/C21H25N3O3/c1-3-12-24-14-16(13-20(24)25)22-21(26)23-19-7-5-4-6-18(19)15-8-10-17(27-2)11-9-15/h4-11,16H,3,12-14H2,1-2H3,(H2,22,23,26). The minimum absolute atomic E-state index is 0.0979. The molecule has 3 rings (SSSR count). The molecule has 1 aliphatic heterocycles. The van der Waals surface area contributed by atoms with E-state index in [2.05, 4.69) is 10.6 Å². The van der Waals surface area contributed by atoms with Gasteiger partial charge in [-0.05, 0) is 30.2 Å². The van der Waals surface area contributed by atoms with E-state index >= 15 is 0 Å². The van der Waals surface area contributed by atoms with Crippen LogP contribution in [0, 0.1) is 0 Å². The zero-order valence-electron chi connectivity index (χ0n) is 15.7. The summed E-state index contributed by atoms with van der Waals surface area (Å²) >= 11 is 0. The molecule has 1 saturated heterocycles. The highest BCUT2D eigenvalue weighted by Gasteiger charge is 2.29. The van der Waals surface area contributed by atoms with E-state index in [9.17, 15) is 9.59 Å². The van der Waals surface area contributed by atoms with Gasteiger partial charge >= 0.3 is 6.03 Å². The van der Waals surface area contributed by atoms with Crippen molar-refractivity contribution in [3.8, 4) is 16.9 Å². The number of para-hydroxylation sites is 1. The number of carbonyl (C=O) groups is 2. The maximum Gasteiger partial charge on any atom is 0.319 e. The first-order valence-corrected chi connectivity index (χ1v) is 9.19. The molecule has 1 heterocycles. The summed E-state index contributed by atoms with van der Waals surface area (Å²) in [4.78, 5) is 26.2. The van der Waals surface area contributed by atoms with Crippen molar-refractivity contribution < 1.29 is 14.3 Å². The van der Waals surface area contributed by atoms with E-state index in [0.29, 0.717) is 13.0 Å². The van der Waals surface area contributed by atoms with Gasteiger partial charge in [-0.25, -0.2) is 4.79 Å². The van der Waals surface area contributed by atoms with Crippen molar-refractivity contribution in [2.24, 2.45) is 0 Å². The Balaban J connectivity index is 1.67. The first kappa shape index (κ1) is 18.8. The number of nitrogens with one attached hydrogen (secondary N) is 2. The second kappa shape index (κ2) is 8.58. The van der Waals surface area contributed by atoms with Crippen LogP contribution in [-0.2, 0) is 4.79 Å². The number of nitrogens with zero attached hydrogens (tertiary/aromatic N) is 1. The minimum atomic E-state index is -0.299. The summed E-state index contributed by atoms with van der Waals surface area (Å²) in [6.07, 6.45) is 1.27. The molecule has 0 radical (unpaired) electrons. The Morgan fingerprint density at radius 2 is 1.93 bits per heavy atom. The molecule has 2 aromatic rings. The number of urea groups is 1. The Kier molecular flexibility index (Phi) is 5.96. The third-order valence-corrected chi connectivity index (χ3v) is 4.62. The molecule has 1 fully saturated rings. The molecule has 2 N–H and O–H groups in total. The topological polar surface area (TPSA) is 70.7 Å². The van der Waals surface area contributed by atoms with Gasteiger partial charge < -0.3 is 20.3 Å². The molecule has 0 aliphatic carbocycles. The Labute approximate surface area is 159 Å². The van der Waals surface area contributed by atoms with Crippen LogP contribution >= 0.6 is 0 Å². The average molecular weight is 367 g/mol. The van der Waals surface area contributed by atoms with E-state index < -0.39 is 0 Å². The summed E-state index contributed by atoms with van der Waals surface area (Å²) in [6, 6.07) is 14.9. The monoisotopic (exact) mass is 367 g/mol. The Morgan fingerprint density at radius 1 is 1.19 bits per heavy atom. The van der Waals surface area contributed by atoms with Crippen LogP contribution in [0.2, 0.25) is 0 Å². The second-order valence-corrected chi connectivity index (χ2v) is 6.61. The lowest BCUT2D eigenvalue weighted by Gasteiger charge is -2.17. The molecule has 27 heavy (non-hydrogen) atoms. The molecule has 1 atom stereocenters. The highest BCUT2D eigenvalue weighted by molar-refractivity contribution is 5.95. The van der Waals surface area contributed by atoms with Crippen LogP contribution in [0.1, 0.15) is 19.8 Å². The average Bonchev–Trinajstić information content (AvgIpc) is 3.01. The molecule has 1 unspecified atom stereocenters. The molecule has 1 aliphatic rings. The summed E-state index contributed by atoms with van der Waals surface area (Å²) in [6.45, 7) is 3.34. The van der Waals surface area contributed by atoms with Gasteiger partial charge in [0.25, 0.3) is 0 Å². The number of hydrogen-bond acceptors (Lipinski definition) is 3. The second-order valence-electron chi connectivity index (χ2n) is 6.61. The molecular formula is C21H25N3O3. The molecular weight excluding hydrogens is 342 g/mol. The van der Waals surface area contributed by atoms with E-state index in [1.54, 1.807) is 12.0 Å². The molecule has 0 aromatic heterocycles. The van der Waals surface area contributed by atoms with Gasteiger partial charge in [-0.15, -0.1) is 0 Å². The van der Waals surface area contributed by atoms with Crippen LogP contribution in [0.3, 0.4) is 0 Å². The molecule has 6 nitrogen and oxygen atoms in total. The van der Waals surface area contributed by atoms with Crippen LogP contribution in [0.25, 0.3) is 11.1 Å². The molecule has 6 heteroatoms. The SMILES string of the molecule is CCCN1CC(NC(=O)Nc2ccccc2-c2ccc(OC)cc2)CC1=O. The van der Waals surface area contributed by atoms with Crippen molar-refractivity contribution >= 4 is 17.6 Å². The quantitative estimate of drug-likeness (QED) is 0.821. The fourth-order valence-electron chi connectivity index (χ4n) is 3.31. The van der Waals surface area contributed by atoms with Crippen molar-refractivity contribution in [3.63, 3.8) is 0 Å². The van der Waals surface area contributed by atoms with E-state index in [1.807, 2.05) is 55.5 Å². The number of hydrogen-bond donors (Lipinski definition) is 2. The van der Waals surface area contributed by atoms with Crippen molar-refractivity contribution in [3.05, 3.63) is 48.5 Å². The van der Waals surface area contributed by atoms with Gasteiger partial charge in [0, 0.05) is 25.1 Å². The van der Waals surface area contributed by atoms with E-state index in [1.165, 1.54) is 0 Å². The summed E-state index contributed by atoms with van der Waals surface area (Å²) in [5.74, 6) is 0.880. The third-order valence-electron chi connectivity index (χ3n) is 4.62. The lowest BCUT2D eigenvalue weighted by molar-refractivity contribution is -0.127. The van der Waals surface area contributed by atoms with E-state index in [0.717, 1.165) is 35.5 Å². The highest BCUT2D eigenvalue weighted by Crippen LogP contribution is 2.29. The van der Waals surface area contributed by atoms with Crippen molar-refractivity contribution in [1.29, 1.82) is 0 Å². The minimum Gasteiger partial charge on any atom is -0.497 e. The van der Waals surface area contributed by atoms with Gasteiger partial charge in [0.1, 0.15) is 5.75 Å². The molecule has 2 aromatic carbocycles. The van der Waals surface area contributed by atoms with Gasteiger partial charge in [0.15, 0.2) is 0 Å². The lowest BCUT2D eigenvalue weighted by Crippen LogP contribution is -2.39. The summed E-state index contributed by atoms with van der Waals surface area (Å²) < 4.78 is 5.20. The number of anilines is 1. The van der Waals surface area contributed by atoms with E-state index in [-0.39, 0.29) is 18.0 Å². The Morgan fingerprint density at radius 3 is 2.63 bits per heavy atom. The number of ether oxygens (including phenoxy) is 1. The number of amides is 3. The number of likely N-dealkylation sites (tertiary alicyclic amines) is 1. The largest absolute Gasteiger partial charge is 0.497 e. The zero-order chi connectivity index (χ0) is 19.2. The van der Waals surface area contributed by atoms with Crippen LogP contribution in [0.15, 0.2) is 48.5 Å². The van der Waals surface area contributed by atoms with Crippen LogP contribution in [0.4, 0.5) is 10.5 Å². The van der Waals surface area contributed by atoms with Gasteiger partial charge in [0.2, 0.25) is 5.91 Å². The number of carbonyl (C=O) groups excluding carboxylic acids is 2. The number of benzene rings is 2. The van der Waals surface area contributed by atoms with Crippen LogP contribution in [0.5, 0.6) is 5.75 Å². The first-order chi connectivity index (χ1) is 13.1. The Bertz CT molecular complexity index is 805. The summed E-state index contributed by atoms with van der Waals surface area (Å²) in [7, 11) is 1.63. The fraction of sp³-hybridized carbons (Fsp3) is 0.333. The maximum atomic E-state index is 12.5. The van der Waals surface area contributed by atoms with Crippen molar-refractivity contribution in [2.75, 3.05) is 25.5 Å². The third kappa shape index (κ3) is 4.58. The predicted octanol–water partition coefficient (Wildman–Crippen LogP) is 3.49. The van der Waals surface area contributed by atoms with Crippen LogP contribution in [-0.4, -0.2) is 43.1 Å². The lowest BCUT2D eigenvalue weighted by atomic mass is 10.0. The molecule has 0 bridgehead atoms. The first-order valence-electron chi connectivity index (χ1n) is 9.19. The van der Waals surface area contributed by atoms with Crippen molar-refractivity contribution in [1.82, 2.24) is 10.2 Å². The molecule has 0 saturated carbocycles. The summed E-state index contributed by atoms with van der Waals surface area (Å²) in [5, 5.41) is 5.83. The molecule has 142 valence electrons. The fourth-order valence-corrected chi connectivity index (χ4v) is 3.31. The van der Waals surface area contributed by atoms with Gasteiger partial charge in [0.05, 0.1) is 18.8 Å². The highest BCUT2D eigenvalue weighted by atomic mass is 16.5. The molecule has 0 spiro atoms. The summed E-state index contributed by atoms with van der Waals surface area (Å²) in [5.41, 5.74) is 2.62. The van der Waals surface area contributed by atoms with Gasteiger partial charge in [-0.2, -0.15) is 0 Å². The van der Waals surface area contributed by atoms with Crippen molar-refractivity contribution in [2.45, 2.75) is 25.8 Å². The van der Waals surface area contributed by atoms with Gasteiger partial charge in [-0.1, -0.05) is 37.3 Å².